The van der Waals surface area contributed by atoms with Crippen molar-refractivity contribution in [3.05, 3.63) is 30.3 Å². The quantitative estimate of drug-likeness (QED) is 0.906. The van der Waals surface area contributed by atoms with E-state index >= 15 is 0 Å². The van der Waals surface area contributed by atoms with Gasteiger partial charge < -0.3 is 5.32 Å². The number of nitrogens with zero attached hydrogens (tertiary/aromatic N) is 3. The van der Waals surface area contributed by atoms with Crippen LogP contribution in [0, 0.1) is 0 Å². The van der Waals surface area contributed by atoms with Gasteiger partial charge in [-0.2, -0.15) is 4.98 Å². The number of nitrogens with one attached hydrogen (secondary N) is 2. The molecule has 1 aromatic heterocycles. The van der Waals surface area contributed by atoms with Crippen LogP contribution in [0.5, 0.6) is 0 Å². The van der Waals surface area contributed by atoms with Crippen molar-refractivity contribution in [3.63, 3.8) is 0 Å². The number of rotatable bonds is 4. The van der Waals surface area contributed by atoms with Crippen LogP contribution in [0.2, 0.25) is 0 Å². The zero-order valence-corrected chi connectivity index (χ0v) is 12.7. The largest absolute Gasteiger partial charge is 0.306 e. The lowest BCUT2D eigenvalue weighted by atomic mass is 10.0. The van der Waals surface area contributed by atoms with Gasteiger partial charge in [0.25, 0.3) is 0 Å². The van der Waals surface area contributed by atoms with Crippen LogP contribution in [0.3, 0.4) is 0 Å². The minimum absolute atomic E-state index is 0.0486. The van der Waals surface area contributed by atoms with Gasteiger partial charge in [-0.15, -0.1) is 5.10 Å². The number of carbonyl (C=O) groups excluding carboxylic acids is 1. The summed E-state index contributed by atoms with van der Waals surface area (Å²) in [5.74, 6) is 1.10. The maximum absolute atomic E-state index is 12.3. The fraction of sp³-hybridized carbons (Fsp3) is 0.438. The second-order valence-corrected chi connectivity index (χ2v) is 5.43. The molecule has 0 saturated carbocycles. The second kappa shape index (κ2) is 6.70. The third kappa shape index (κ3) is 3.17. The Bertz CT molecular complexity index is 631. The summed E-state index contributed by atoms with van der Waals surface area (Å²) in [6.45, 7) is 3.61. The molecule has 1 amide bonds. The van der Waals surface area contributed by atoms with Crippen molar-refractivity contribution in [1.29, 1.82) is 0 Å². The normalized spacial score (nSPS) is 18.1. The maximum Gasteiger partial charge on any atom is 0.249 e. The molecule has 2 heterocycles. The molecule has 6 heteroatoms. The summed E-state index contributed by atoms with van der Waals surface area (Å²) in [7, 11) is 0. The smallest absolute Gasteiger partial charge is 0.249 e. The molecule has 0 bridgehead atoms. The van der Waals surface area contributed by atoms with Crippen LogP contribution in [-0.4, -0.2) is 33.3 Å². The highest BCUT2D eigenvalue weighted by Gasteiger charge is 2.22. The lowest BCUT2D eigenvalue weighted by molar-refractivity contribution is -0.118. The average Bonchev–Trinajstić information content (AvgIpc) is 2.99. The molecule has 3 rings (SSSR count). The van der Waals surface area contributed by atoms with Crippen LogP contribution >= 0.6 is 0 Å². The van der Waals surface area contributed by atoms with Crippen LogP contribution in [0.4, 0.5) is 5.95 Å². The Kier molecular flexibility index (Phi) is 4.48. The van der Waals surface area contributed by atoms with E-state index in [0.29, 0.717) is 12.5 Å². The first-order chi connectivity index (χ1) is 10.8. The Labute approximate surface area is 129 Å². The molecule has 1 aliphatic heterocycles. The van der Waals surface area contributed by atoms with Gasteiger partial charge in [-0.05, 0) is 26.3 Å². The summed E-state index contributed by atoms with van der Waals surface area (Å²) in [6.07, 6.45) is 3.08. The first-order valence-corrected chi connectivity index (χ1v) is 7.82. The van der Waals surface area contributed by atoms with E-state index in [2.05, 4.69) is 20.7 Å². The van der Waals surface area contributed by atoms with Gasteiger partial charge in [0.15, 0.2) is 5.82 Å². The molecule has 6 nitrogen and oxygen atoms in total. The van der Waals surface area contributed by atoms with Gasteiger partial charge in [0.05, 0.1) is 6.04 Å². The van der Waals surface area contributed by atoms with Gasteiger partial charge in [-0.3, -0.25) is 10.1 Å². The number of aromatic nitrogens is 3. The van der Waals surface area contributed by atoms with Gasteiger partial charge in [-0.1, -0.05) is 36.8 Å². The third-order valence-electron chi connectivity index (χ3n) is 3.87. The van der Waals surface area contributed by atoms with Crippen molar-refractivity contribution in [2.75, 3.05) is 11.9 Å². The summed E-state index contributed by atoms with van der Waals surface area (Å²) in [4.78, 5) is 16.7. The Hall–Kier alpha value is -2.21. The molecular weight excluding hydrogens is 278 g/mol. The first kappa shape index (κ1) is 14.7. The summed E-state index contributed by atoms with van der Waals surface area (Å²) in [6, 6.07) is 9.74. The number of piperidine rings is 1. The highest BCUT2D eigenvalue weighted by molar-refractivity contribution is 5.93. The zero-order valence-electron chi connectivity index (χ0n) is 12.7. The molecule has 1 unspecified atom stereocenters. The van der Waals surface area contributed by atoms with Gasteiger partial charge >= 0.3 is 0 Å². The minimum atomic E-state index is -0.137. The maximum atomic E-state index is 12.3. The van der Waals surface area contributed by atoms with E-state index in [1.54, 1.807) is 4.68 Å². The molecule has 0 spiro atoms. The summed E-state index contributed by atoms with van der Waals surface area (Å²) < 4.78 is 1.80. The Balaban J connectivity index is 1.77. The molecule has 116 valence electrons. The molecule has 0 radical (unpaired) electrons. The average molecular weight is 299 g/mol. The van der Waals surface area contributed by atoms with E-state index in [9.17, 15) is 4.79 Å². The number of aryl methyl sites for hydroxylation is 1. The standard InChI is InChI=1S/C16H21N5O/c1-2-21-14(12-8-4-3-5-9-12)18-16(20-21)19-15(22)13-10-6-7-11-17-13/h3-5,8-9,13,17H,2,6-7,10-11H2,1H3,(H,19,20,22). The van der Waals surface area contributed by atoms with Gasteiger partial charge in [-0.25, -0.2) is 4.68 Å². The second-order valence-electron chi connectivity index (χ2n) is 5.43. The van der Waals surface area contributed by atoms with E-state index in [-0.39, 0.29) is 11.9 Å². The molecule has 1 saturated heterocycles. The molecular formula is C16H21N5O. The van der Waals surface area contributed by atoms with Gasteiger partial charge in [0, 0.05) is 12.1 Å². The molecule has 1 aliphatic rings. The lowest BCUT2D eigenvalue weighted by Crippen LogP contribution is -2.43. The van der Waals surface area contributed by atoms with E-state index in [1.165, 1.54) is 0 Å². The topological polar surface area (TPSA) is 71.8 Å². The molecule has 0 aliphatic carbocycles. The number of anilines is 1. The molecule has 2 N–H and O–H groups in total. The van der Waals surface area contributed by atoms with E-state index in [0.717, 1.165) is 37.2 Å². The molecule has 2 aromatic rings. The van der Waals surface area contributed by atoms with Crippen molar-refractivity contribution in [2.45, 2.75) is 38.8 Å². The predicted octanol–water partition coefficient (Wildman–Crippen LogP) is 2.05. The predicted molar refractivity (Wildman–Crippen MR) is 85.4 cm³/mol. The van der Waals surface area contributed by atoms with E-state index in [1.807, 2.05) is 37.3 Å². The van der Waals surface area contributed by atoms with Crippen molar-refractivity contribution in [3.8, 4) is 11.4 Å². The summed E-state index contributed by atoms with van der Waals surface area (Å²) >= 11 is 0. The summed E-state index contributed by atoms with van der Waals surface area (Å²) in [5.41, 5.74) is 0.994. The van der Waals surface area contributed by atoms with Crippen LogP contribution in [0.15, 0.2) is 30.3 Å². The highest BCUT2D eigenvalue weighted by atomic mass is 16.2. The van der Waals surface area contributed by atoms with Crippen LogP contribution in [0.25, 0.3) is 11.4 Å². The SMILES string of the molecule is CCn1nc(NC(=O)C2CCCCN2)nc1-c1ccccc1. The lowest BCUT2D eigenvalue weighted by Gasteiger charge is -2.21. The molecule has 1 aromatic carbocycles. The number of hydrogen-bond donors (Lipinski definition) is 2. The molecule has 22 heavy (non-hydrogen) atoms. The van der Waals surface area contributed by atoms with Crippen molar-refractivity contribution >= 4 is 11.9 Å². The highest BCUT2D eigenvalue weighted by Crippen LogP contribution is 2.19. The van der Waals surface area contributed by atoms with Crippen LogP contribution in [-0.2, 0) is 11.3 Å². The van der Waals surface area contributed by atoms with E-state index in [4.69, 9.17) is 0 Å². The number of amides is 1. The zero-order chi connectivity index (χ0) is 15.4. The first-order valence-electron chi connectivity index (χ1n) is 7.82. The number of carbonyl (C=O) groups is 1. The molecule has 1 atom stereocenters. The van der Waals surface area contributed by atoms with Gasteiger partial charge in [0.1, 0.15) is 0 Å². The van der Waals surface area contributed by atoms with Crippen LogP contribution in [0.1, 0.15) is 26.2 Å². The number of hydrogen-bond acceptors (Lipinski definition) is 4. The fourth-order valence-electron chi connectivity index (χ4n) is 2.69. The van der Waals surface area contributed by atoms with Gasteiger partial charge in [0.2, 0.25) is 11.9 Å². The minimum Gasteiger partial charge on any atom is -0.306 e. The number of benzene rings is 1. The summed E-state index contributed by atoms with van der Waals surface area (Å²) in [5, 5.41) is 10.4. The van der Waals surface area contributed by atoms with Crippen molar-refractivity contribution in [1.82, 2.24) is 20.1 Å². The van der Waals surface area contributed by atoms with E-state index < -0.39 is 0 Å². The monoisotopic (exact) mass is 299 g/mol. The third-order valence-corrected chi connectivity index (χ3v) is 3.87. The van der Waals surface area contributed by atoms with Crippen molar-refractivity contribution < 1.29 is 4.79 Å². The van der Waals surface area contributed by atoms with Crippen molar-refractivity contribution in [2.24, 2.45) is 0 Å². The Morgan fingerprint density at radius 1 is 1.36 bits per heavy atom. The Morgan fingerprint density at radius 2 is 2.18 bits per heavy atom. The fourth-order valence-corrected chi connectivity index (χ4v) is 2.69. The van der Waals surface area contributed by atoms with Crippen LogP contribution < -0.4 is 10.6 Å². The Morgan fingerprint density at radius 3 is 2.86 bits per heavy atom. The molecule has 1 fully saturated rings.